The normalized spacial score (nSPS) is 13.4. The molecule has 0 aliphatic heterocycles. The van der Waals surface area contributed by atoms with E-state index in [0.717, 1.165) is 13.0 Å². The van der Waals surface area contributed by atoms with Crippen molar-refractivity contribution in [1.29, 1.82) is 0 Å². The molecule has 1 atom stereocenters. The first-order valence-corrected chi connectivity index (χ1v) is 4.66. The fraction of sp³-hybridized carbons (Fsp3) is 1.00. The lowest BCUT2D eigenvalue weighted by molar-refractivity contribution is -0.0639. The fourth-order valence-electron chi connectivity index (χ4n) is 0.812. The fourth-order valence-corrected chi connectivity index (χ4v) is 0.880. The topological polar surface area (TPSA) is 18.5 Å². The molecule has 2 nitrogen and oxygen atoms in total. The van der Waals surface area contributed by atoms with Crippen molar-refractivity contribution in [3.63, 3.8) is 0 Å². The summed E-state index contributed by atoms with van der Waals surface area (Å²) in [6.07, 6.45) is 4.82. The van der Waals surface area contributed by atoms with Crippen LogP contribution in [0.15, 0.2) is 0 Å². The second kappa shape index (κ2) is 8.24. The molecule has 65 valence electrons. The van der Waals surface area contributed by atoms with Crippen LogP contribution in [0.2, 0.25) is 0 Å². The van der Waals surface area contributed by atoms with Crippen LogP contribution in [-0.2, 0) is 9.16 Å². The maximum Gasteiger partial charge on any atom is 0.249 e. The Hall–Kier alpha value is 0.137. The summed E-state index contributed by atoms with van der Waals surface area (Å²) in [6, 6.07) is 0. The van der Waals surface area contributed by atoms with Crippen LogP contribution < -0.4 is 0 Å². The molecule has 3 heteroatoms. The van der Waals surface area contributed by atoms with Crippen LogP contribution in [0.3, 0.4) is 0 Å². The van der Waals surface area contributed by atoms with Crippen LogP contribution in [0.4, 0.5) is 0 Å². The number of rotatable bonds is 7. The van der Waals surface area contributed by atoms with Crippen molar-refractivity contribution in [3.8, 4) is 0 Å². The lowest BCUT2D eigenvalue weighted by atomic mass is 10.2. The monoisotopic (exact) mass is 173 g/mol. The predicted octanol–water partition coefficient (Wildman–Crippen LogP) is 2.03. The molecule has 0 aliphatic rings. The van der Waals surface area contributed by atoms with Gasteiger partial charge in [0, 0.05) is 6.61 Å². The van der Waals surface area contributed by atoms with E-state index in [9.17, 15) is 0 Å². The van der Waals surface area contributed by atoms with Gasteiger partial charge in [0.2, 0.25) is 10.5 Å². The molecule has 0 saturated heterocycles. The molecule has 11 heavy (non-hydrogen) atoms. The van der Waals surface area contributed by atoms with Crippen LogP contribution >= 0.6 is 0 Å². The Morgan fingerprint density at radius 2 is 2.00 bits per heavy atom. The van der Waals surface area contributed by atoms with Gasteiger partial charge < -0.3 is 9.16 Å². The van der Waals surface area contributed by atoms with E-state index in [-0.39, 0.29) is 6.29 Å². The highest BCUT2D eigenvalue weighted by atomic mass is 28.2. The summed E-state index contributed by atoms with van der Waals surface area (Å²) in [4.78, 5) is 0. The molecule has 0 bridgehead atoms. The minimum atomic E-state index is -0.131. The van der Waals surface area contributed by atoms with Gasteiger partial charge in [-0.05, 0) is 13.3 Å². The molecule has 0 heterocycles. The average Bonchev–Trinajstić information content (AvgIpc) is 2.04. The third kappa shape index (κ3) is 8.04. The smallest absolute Gasteiger partial charge is 0.249 e. The largest absolute Gasteiger partial charge is 0.394 e. The van der Waals surface area contributed by atoms with E-state index in [1.807, 2.05) is 6.92 Å². The molecule has 0 aromatic heterocycles. The van der Waals surface area contributed by atoms with Crippen molar-refractivity contribution in [2.45, 2.75) is 45.8 Å². The van der Waals surface area contributed by atoms with Crippen molar-refractivity contribution in [2.24, 2.45) is 0 Å². The molecule has 0 aliphatic carbocycles. The first-order chi connectivity index (χ1) is 5.31. The van der Waals surface area contributed by atoms with E-state index in [2.05, 4.69) is 17.4 Å². The molecule has 0 spiro atoms. The summed E-state index contributed by atoms with van der Waals surface area (Å²) in [5.74, 6) is 0. The van der Waals surface area contributed by atoms with Gasteiger partial charge in [0.1, 0.15) is 6.29 Å². The minimum Gasteiger partial charge on any atom is -0.394 e. The third-order valence-corrected chi connectivity index (χ3v) is 1.85. The van der Waals surface area contributed by atoms with Crippen molar-refractivity contribution in [2.75, 3.05) is 6.61 Å². The molecule has 0 amide bonds. The van der Waals surface area contributed by atoms with Gasteiger partial charge in [0.05, 0.1) is 0 Å². The lowest BCUT2D eigenvalue weighted by Gasteiger charge is -2.10. The van der Waals surface area contributed by atoms with Gasteiger partial charge in [0.25, 0.3) is 0 Å². The summed E-state index contributed by atoms with van der Waals surface area (Å²) < 4.78 is 10.0. The van der Waals surface area contributed by atoms with Gasteiger partial charge in [-0.15, -0.1) is 0 Å². The Labute approximate surface area is 72.8 Å². The van der Waals surface area contributed by atoms with Crippen molar-refractivity contribution >= 4 is 10.5 Å². The summed E-state index contributed by atoms with van der Waals surface area (Å²) in [7, 11) is 2.92. The Kier molecular flexibility index (Phi) is 8.34. The molecule has 1 unspecified atom stereocenters. The summed E-state index contributed by atoms with van der Waals surface area (Å²) >= 11 is 0. The molecular formula is C8H17O2Si. The maximum atomic E-state index is 5.27. The third-order valence-electron chi connectivity index (χ3n) is 1.52. The highest BCUT2D eigenvalue weighted by Crippen LogP contribution is 2.00. The van der Waals surface area contributed by atoms with E-state index >= 15 is 0 Å². The number of hydrogen-bond donors (Lipinski definition) is 0. The highest BCUT2D eigenvalue weighted by Gasteiger charge is 1.96. The maximum absolute atomic E-state index is 5.27. The minimum absolute atomic E-state index is 0.131. The highest BCUT2D eigenvalue weighted by molar-refractivity contribution is 5.98. The summed E-state index contributed by atoms with van der Waals surface area (Å²) in [5, 5.41) is 0. The second-order valence-electron chi connectivity index (χ2n) is 2.62. The molecule has 3 radical (unpaired) electrons. The zero-order valence-corrected chi connectivity index (χ0v) is 8.43. The SMILES string of the molecule is CCCCCCOC(C)O[Si]. The Bertz CT molecular complexity index is 78.5. The van der Waals surface area contributed by atoms with Crippen molar-refractivity contribution in [3.05, 3.63) is 0 Å². The number of hydrogen-bond acceptors (Lipinski definition) is 2. The number of unbranched alkanes of at least 4 members (excludes halogenated alkanes) is 3. The Morgan fingerprint density at radius 3 is 2.55 bits per heavy atom. The zero-order valence-electron chi connectivity index (χ0n) is 7.43. The molecular weight excluding hydrogens is 156 g/mol. The van der Waals surface area contributed by atoms with Crippen LogP contribution in [-0.4, -0.2) is 23.4 Å². The van der Waals surface area contributed by atoms with Gasteiger partial charge in [-0.2, -0.15) is 0 Å². The van der Waals surface area contributed by atoms with E-state index in [0.29, 0.717) is 0 Å². The average molecular weight is 173 g/mol. The molecule has 0 fully saturated rings. The molecule has 0 saturated carbocycles. The molecule has 0 rings (SSSR count). The first-order valence-electron chi connectivity index (χ1n) is 4.25. The molecule has 0 N–H and O–H groups in total. The standard InChI is InChI=1S/C8H17O2Si/c1-3-4-5-6-7-9-8(2)10-11/h8H,3-7H2,1-2H3. The molecule has 0 aromatic carbocycles. The van der Waals surface area contributed by atoms with Gasteiger partial charge in [-0.25, -0.2) is 0 Å². The van der Waals surface area contributed by atoms with E-state index in [4.69, 9.17) is 9.16 Å². The summed E-state index contributed by atoms with van der Waals surface area (Å²) in [6.45, 7) is 4.86. The summed E-state index contributed by atoms with van der Waals surface area (Å²) in [5.41, 5.74) is 0. The van der Waals surface area contributed by atoms with E-state index in [1.165, 1.54) is 19.3 Å². The Balaban J connectivity index is 2.89. The van der Waals surface area contributed by atoms with Gasteiger partial charge in [-0.1, -0.05) is 26.2 Å². The van der Waals surface area contributed by atoms with Gasteiger partial charge in [-0.3, -0.25) is 0 Å². The van der Waals surface area contributed by atoms with Gasteiger partial charge >= 0.3 is 0 Å². The second-order valence-corrected chi connectivity index (χ2v) is 2.85. The lowest BCUT2D eigenvalue weighted by Crippen LogP contribution is -2.11. The quantitative estimate of drug-likeness (QED) is 0.333. The first kappa shape index (κ1) is 11.1. The molecule has 0 aromatic rings. The van der Waals surface area contributed by atoms with Crippen molar-refractivity contribution in [1.82, 2.24) is 0 Å². The van der Waals surface area contributed by atoms with Crippen LogP contribution in [0.25, 0.3) is 0 Å². The van der Waals surface area contributed by atoms with Crippen LogP contribution in [0, 0.1) is 0 Å². The van der Waals surface area contributed by atoms with Crippen LogP contribution in [0.5, 0.6) is 0 Å². The van der Waals surface area contributed by atoms with E-state index in [1.54, 1.807) is 0 Å². The zero-order chi connectivity index (χ0) is 8.53. The Morgan fingerprint density at radius 1 is 1.27 bits per heavy atom. The van der Waals surface area contributed by atoms with E-state index < -0.39 is 0 Å². The van der Waals surface area contributed by atoms with Crippen molar-refractivity contribution < 1.29 is 9.16 Å². The number of ether oxygens (including phenoxy) is 1. The van der Waals surface area contributed by atoms with Crippen LogP contribution in [0.1, 0.15) is 39.5 Å². The van der Waals surface area contributed by atoms with Gasteiger partial charge in [0.15, 0.2) is 0 Å². The predicted molar refractivity (Wildman–Crippen MR) is 46.4 cm³/mol.